The Bertz CT molecular complexity index is 1210. The van der Waals surface area contributed by atoms with Crippen molar-refractivity contribution in [2.24, 2.45) is 0 Å². The van der Waals surface area contributed by atoms with Crippen molar-refractivity contribution in [2.75, 3.05) is 40.2 Å². The summed E-state index contributed by atoms with van der Waals surface area (Å²) in [6.45, 7) is 0.709. The Balaban J connectivity index is 1.77. The lowest BCUT2D eigenvalue weighted by Crippen LogP contribution is -2.35. The van der Waals surface area contributed by atoms with Crippen LogP contribution in [0.5, 0.6) is 17.2 Å². The summed E-state index contributed by atoms with van der Waals surface area (Å²) in [4.78, 5) is 25.5. The quantitative estimate of drug-likeness (QED) is 0.484. The molecule has 0 radical (unpaired) electrons. The highest BCUT2D eigenvalue weighted by molar-refractivity contribution is 7.99. The largest absolute Gasteiger partial charge is 0.493 e. The van der Waals surface area contributed by atoms with E-state index in [-0.39, 0.29) is 22.5 Å². The van der Waals surface area contributed by atoms with Gasteiger partial charge in [-0.15, -0.1) is 10.2 Å². The molecule has 0 saturated carbocycles. The van der Waals surface area contributed by atoms with Crippen LogP contribution in [-0.2, 0) is 4.79 Å². The molecule has 10 nitrogen and oxygen atoms in total. The van der Waals surface area contributed by atoms with E-state index in [2.05, 4.69) is 15.5 Å². The van der Waals surface area contributed by atoms with Gasteiger partial charge in [0.25, 0.3) is 0 Å². The summed E-state index contributed by atoms with van der Waals surface area (Å²) in [5.74, 6) is 0.539. The molecule has 34 heavy (non-hydrogen) atoms. The lowest BCUT2D eigenvalue weighted by Gasteiger charge is -2.16. The molecular formula is C22H22FN5O5S. The number of carbonyl (C=O) groups excluding carboxylic acids is 2. The number of nitrogens with one attached hydrogen (secondary N) is 1. The molecule has 3 aromatic rings. The number of rotatable bonds is 8. The van der Waals surface area contributed by atoms with Crippen molar-refractivity contribution >= 4 is 23.7 Å². The number of thioether (sulfide) groups is 1. The second-order valence-electron chi connectivity index (χ2n) is 7.07. The van der Waals surface area contributed by atoms with Crippen LogP contribution >= 0.6 is 11.8 Å². The maximum absolute atomic E-state index is 14.9. The summed E-state index contributed by atoms with van der Waals surface area (Å²) in [7, 11) is 4.47. The van der Waals surface area contributed by atoms with Gasteiger partial charge in [-0.2, -0.15) is 0 Å². The Labute approximate surface area is 199 Å². The monoisotopic (exact) mass is 487 g/mol. The number of methoxy groups -OCH3 is 3. The van der Waals surface area contributed by atoms with Crippen LogP contribution in [0.3, 0.4) is 0 Å². The Morgan fingerprint density at radius 2 is 1.82 bits per heavy atom. The molecule has 1 fully saturated rings. The summed E-state index contributed by atoms with van der Waals surface area (Å²) >= 11 is 1.05. The van der Waals surface area contributed by atoms with Crippen LogP contribution in [0.2, 0.25) is 0 Å². The molecule has 1 aliphatic heterocycles. The number of amides is 3. The third-order valence-electron chi connectivity index (χ3n) is 5.13. The first-order valence-electron chi connectivity index (χ1n) is 10.2. The van der Waals surface area contributed by atoms with Crippen molar-refractivity contribution in [1.29, 1.82) is 0 Å². The fourth-order valence-corrected chi connectivity index (χ4v) is 4.35. The number of ether oxygens (including phenoxy) is 3. The van der Waals surface area contributed by atoms with Crippen LogP contribution < -0.4 is 19.5 Å². The first-order chi connectivity index (χ1) is 16.5. The highest BCUT2D eigenvalue weighted by Crippen LogP contribution is 2.41. The minimum atomic E-state index is -0.497. The van der Waals surface area contributed by atoms with E-state index in [1.54, 1.807) is 30.3 Å². The molecule has 4 rings (SSSR count). The van der Waals surface area contributed by atoms with Crippen molar-refractivity contribution in [2.45, 2.75) is 5.16 Å². The number of halogens is 1. The molecule has 0 atom stereocenters. The molecular weight excluding hydrogens is 465 g/mol. The van der Waals surface area contributed by atoms with Gasteiger partial charge in [-0.1, -0.05) is 23.9 Å². The van der Waals surface area contributed by atoms with Gasteiger partial charge in [0, 0.05) is 18.7 Å². The van der Waals surface area contributed by atoms with E-state index >= 15 is 0 Å². The van der Waals surface area contributed by atoms with Crippen LogP contribution in [0.15, 0.2) is 41.6 Å². The molecule has 3 amide bonds. The predicted octanol–water partition coefficient (Wildman–Crippen LogP) is 2.74. The summed E-state index contributed by atoms with van der Waals surface area (Å²) in [6.07, 6.45) is 0. The topological polar surface area (TPSA) is 108 Å². The first-order valence-corrected chi connectivity index (χ1v) is 11.2. The highest BCUT2D eigenvalue weighted by Gasteiger charge is 2.27. The van der Waals surface area contributed by atoms with E-state index in [4.69, 9.17) is 14.2 Å². The SMILES string of the molecule is COc1cc(-c2nnc(SCC(=O)N3CCNC3=O)n2-c2ccccc2F)cc(OC)c1OC. The van der Waals surface area contributed by atoms with E-state index in [0.717, 1.165) is 16.7 Å². The van der Waals surface area contributed by atoms with Gasteiger partial charge >= 0.3 is 6.03 Å². The predicted molar refractivity (Wildman–Crippen MR) is 122 cm³/mol. The lowest BCUT2D eigenvalue weighted by atomic mass is 10.1. The van der Waals surface area contributed by atoms with E-state index in [1.807, 2.05) is 0 Å². The van der Waals surface area contributed by atoms with Gasteiger partial charge in [0.05, 0.1) is 32.8 Å². The number of urea groups is 1. The average molecular weight is 488 g/mol. The standard InChI is InChI=1S/C22H22FN5O5S/c1-31-16-10-13(11-17(32-2)19(16)33-3)20-25-26-22(28(20)15-7-5-4-6-14(15)23)34-12-18(29)27-9-8-24-21(27)30/h4-7,10-11H,8-9,12H2,1-3H3,(H,24,30). The van der Waals surface area contributed by atoms with Gasteiger partial charge in [-0.25, -0.2) is 9.18 Å². The number of imide groups is 1. The Morgan fingerprint density at radius 1 is 1.12 bits per heavy atom. The van der Waals surface area contributed by atoms with Crippen molar-refractivity contribution < 1.29 is 28.2 Å². The van der Waals surface area contributed by atoms with Crippen LogP contribution in [0, 0.1) is 5.82 Å². The molecule has 2 heterocycles. The Hall–Kier alpha value is -3.80. The Kier molecular flexibility index (Phi) is 6.87. The number of para-hydroxylation sites is 1. The zero-order valence-electron chi connectivity index (χ0n) is 18.7. The van der Waals surface area contributed by atoms with Gasteiger partial charge in [-0.05, 0) is 24.3 Å². The number of hydrogen-bond donors (Lipinski definition) is 1. The fraction of sp³-hybridized carbons (Fsp3) is 0.273. The number of hydrogen-bond acceptors (Lipinski definition) is 8. The van der Waals surface area contributed by atoms with Crippen molar-refractivity contribution in [1.82, 2.24) is 25.0 Å². The third kappa shape index (κ3) is 4.36. The number of benzene rings is 2. The van der Waals surface area contributed by atoms with Crippen molar-refractivity contribution in [3.63, 3.8) is 0 Å². The molecule has 12 heteroatoms. The zero-order valence-corrected chi connectivity index (χ0v) is 19.5. The molecule has 1 N–H and O–H groups in total. The van der Waals surface area contributed by atoms with E-state index in [1.165, 1.54) is 32.0 Å². The van der Waals surface area contributed by atoms with Crippen LogP contribution in [0.25, 0.3) is 17.1 Å². The molecule has 0 aliphatic carbocycles. The Morgan fingerprint density at radius 3 is 2.41 bits per heavy atom. The molecule has 0 unspecified atom stereocenters. The third-order valence-corrected chi connectivity index (χ3v) is 6.05. The fourth-order valence-electron chi connectivity index (χ4n) is 3.52. The van der Waals surface area contributed by atoms with Gasteiger partial charge in [0.15, 0.2) is 22.5 Å². The number of aromatic nitrogens is 3. The minimum absolute atomic E-state index is 0.0741. The summed E-state index contributed by atoms with van der Waals surface area (Å²) in [5, 5.41) is 11.3. The minimum Gasteiger partial charge on any atom is -0.493 e. The van der Waals surface area contributed by atoms with Crippen LogP contribution in [0.4, 0.5) is 9.18 Å². The molecule has 0 bridgehead atoms. The van der Waals surface area contributed by atoms with Gasteiger partial charge in [-0.3, -0.25) is 14.3 Å². The normalized spacial score (nSPS) is 13.1. The van der Waals surface area contributed by atoms with E-state index in [9.17, 15) is 14.0 Å². The van der Waals surface area contributed by atoms with Crippen molar-refractivity contribution in [3.05, 3.63) is 42.2 Å². The smallest absolute Gasteiger partial charge is 0.324 e. The van der Waals surface area contributed by atoms with Crippen LogP contribution in [0.1, 0.15) is 0 Å². The second-order valence-corrected chi connectivity index (χ2v) is 8.02. The lowest BCUT2D eigenvalue weighted by molar-refractivity contribution is -0.124. The molecule has 1 saturated heterocycles. The van der Waals surface area contributed by atoms with Gasteiger partial charge in [0.2, 0.25) is 11.7 Å². The second kappa shape index (κ2) is 10.00. The number of nitrogens with zero attached hydrogens (tertiary/aromatic N) is 4. The molecule has 1 aromatic heterocycles. The van der Waals surface area contributed by atoms with Gasteiger partial charge in [0.1, 0.15) is 5.82 Å². The maximum Gasteiger partial charge on any atom is 0.324 e. The highest BCUT2D eigenvalue weighted by atomic mass is 32.2. The zero-order chi connectivity index (χ0) is 24.2. The average Bonchev–Trinajstić information content (AvgIpc) is 3.48. The summed E-state index contributed by atoms with van der Waals surface area (Å²) < 4.78 is 32.6. The summed E-state index contributed by atoms with van der Waals surface area (Å²) in [5.41, 5.74) is 0.729. The van der Waals surface area contributed by atoms with Crippen molar-refractivity contribution in [3.8, 4) is 34.3 Å². The van der Waals surface area contributed by atoms with E-state index < -0.39 is 11.8 Å². The number of carbonyl (C=O) groups is 2. The maximum atomic E-state index is 14.9. The molecule has 0 spiro atoms. The first kappa shape index (κ1) is 23.4. The van der Waals surface area contributed by atoms with Crippen LogP contribution in [-0.4, -0.2) is 71.8 Å². The molecule has 178 valence electrons. The van der Waals surface area contributed by atoms with E-state index in [0.29, 0.717) is 41.7 Å². The van der Waals surface area contributed by atoms with Gasteiger partial charge < -0.3 is 19.5 Å². The summed E-state index contributed by atoms with van der Waals surface area (Å²) in [6, 6.07) is 9.09. The molecule has 1 aliphatic rings. The molecule has 2 aromatic carbocycles.